The lowest BCUT2D eigenvalue weighted by molar-refractivity contribution is -0.0244. The third-order valence-electron chi connectivity index (χ3n) is 11.8. The molecule has 2 aromatic carbocycles. The van der Waals surface area contributed by atoms with Crippen molar-refractivity contribution >= 4 is 57.4 Å². The molecular formula is C43H59N5O5SSi2. The molecule has 6 rings (SSSR count). The monoisotopic (exact) mass is 813 g/mol. The predicted octanol–water partition coefficient (Wildman–Crippen LogP) is 10.8. The van der Waals surface area contributed by atoms with Crippen LogP contribution in [0, 0.1) is 6.92 Å². The first-order chi connectivity index (χ1) is 26.3. The van der Waals surface area contributed by atoms with Gasteiger partial charge in [-0.25, -0.2) is 9.97 Å². The Hall–Kier alpha value is -3.73. The number of nitrogens with two attached hydrogens (primary N) is 1. The highest BCUT2D eigenvalue weighted by molar-refractivity contribution is 7.98. The molecule has 1 aliphatic heterocycles. The fourth-order valence-corrected chi connectivity index (χ4v) is 10.1. The molecule has 10 nitrogen and oxygen atoms in total. The van der Waals surface area contributed by atoms with Gasteiger partial charge in [0.2, 0.25) is 0 Å². The summed E-state index contributed by atoms with van der Waals surface area (Å²) < 4.78 is 35.5. The molecule has 4 heterocycles. The quantitative estimate of drug-likeness (QED) is 0.115. The lowest BCUT2D eigenvalue weighted by Gasteiger charge is -2.44. The Labute approximate surface area is 338 Å². The molecule has 0 amide bonds. The van der Waals surface area contributed by atoms with Crippen molar-refractivity contribution in [1.29, 1.82) is 0 Å². The van der Waals surface area contributed by atoms with E-state index in [4.69, 9.17) is 33.6 Å². The maximum Gasteiger partial charge on any atom is 0.192 e. The number of hydrogen-bond donors (Lipinski definition) is 1. The van der Waals surface area contributed by atoms with Crippen LogP contribution in [-0.2, 0) is 19.3 Å². The summed E-state index contributed by atoms with van der Waals surface area (Å²) in [6, 6.07) is 18.1. The number of nitrogen functional groups attached to an aromatic ring is 1. The first-order valence-corrected chi connectivity index (χ1v) is 26.3. The van der Waals surface area contributed by atoms with Crippen LogP contribution in [0.3, 0.4) is 0 Å². The fraction of sp³-hybridized carbons (Fsp3) is 0.465. The summed E-state index contributed by atoms with van der Waals surface area (Å²) in [7, 11) is -3.03. The Kier molecular flexibility index (Phi) is 12.2. The van der Waals surface area contributed by atoms with Gasteiger partial charge in [-0.15, -0.1) is 0 Å². The van der Waals surface area contributed by atoms with Gasteiger partial charge in [-0.2, -0.15) is 11.8 Å². The summed E-state index contributed by atoms with van der Waals surface area (Å²) in [5.41, 5.74) is 12.2. The van der Waals surface area contributed by atoms with Crippen LogP contribution in [0.15, 0.2) is 71.6 Å². The number of fused-ring (bicyclic) bond motifs is 1. The van der Waals surface area contributed by atoms with Crippen LogP contribution in [-0.4, -0.2) is 67.5 Å². The number of aryl methyl sites for hydroxylation is 1. The Morgan fingerprint density at radius 1 is 0.875 bits per heavy atom. The molecule has 300 valence electrons. The van der Waals surface area contributed by atoms with E-state index < -0.39 is 29.0 Å². The first kappa shape index (κ1) is 41.9. The Morgan fingerprint density at radius 2 is 1.52 bits per heavy atom. The van der Waals surface area contributed by atoms with E-state index in [-0.39, 0.29) is 22.3 Å². The number of anilines is 1. The number of ether oxygens (including phenoxy) is 2. The van der Waals surface area contributed by atoms with Crippen molar-refractivity contribution in [2.24, 2.45) is 0 Å². The van der Waals surface area contributed by atoms with E-state index in [1.165, 1.54) is 6.33 Å². The third kappa shape index (κ3) is 8.73. The van der Waals surface area contributed by atoms with Crippen LogP contribution in [0.4, 0.5) is 5.82 Å². The second-order valence-electron chi connectivity index (χ2n) is 17.8. The number of benzene rings is 2. The van der Waals surface area contributed by atoms with E-state index in [2.05, 4.69) is 113 Å². The van der Waals surface area contributed by atoms with E-state index in [9.17, 15) is 0 Å². The van der Waals surface area contributed by atoms with Crippen LogP contribution < -0.4 is 10.5 Å². The fourth-order valence-electron chi connectivity index (χ4n) is 6.38. The highest BCUT2D eigenvalue weighted by atomic mass is 32.2. The van der Waals surface area contributed by atoms with Crippen LogP contribution in [0.1, 0.15) is 70.2 Å². The molecule has 0 aliphatic carbocycles. The van der Waals surface area contributed by atoms with Crippen LogP contribution in [0.25, 0.3) is 34.5 Å². The van der Waals surface area contributed by atoms with Gasteiger partial charge in [0.25, 0.3) is 0 Å². The van der Waals surface area contributed by atoms with Gasteiger partial charge in [0.1, 0.15) is 35.7 Å². The topological polar surface area (TPSA) is 120 Å². The molecule has 2 N–H and O–H groups in total. The zero-order valence-corrected chi connectivity index (χ0v) is 37.9. The smallest absolute Gasteiger partial charge is 0.192 e. The highest BCUT2D eigenvalue weighted by Gasteiger charge is 2.54. The van der Waals surface area contributed by atoms with Gasteiger partial charge in [0.15, 0.2) is 28.6 Å². The lowest BCUT2D eigenvalue weighted by atomic mass is 10.1. The Bertz CT molecular complexity index is 2140. The first-order valence-electron chi connectivity index (χ1n) is 19.3. The molecule has 0 spiro atoms. The number of methoxy groups -OCH3 is 1. The average Bonchev–Trinajstić information content (AvgIpc) is 3.80. The van der Waals surface area contributed by atoms with Crippen LogP contribution in [0.5, 0.6) is 5.75 Å². The number of nitrogens with zero attached hydrogens (tertiary/aromatic N) is 4. The molecule has 0 unspecified atom stereocenters. The maximum absolute atomic E-state index is 7.47. The minimum atomic E-state index is -2.37. The van der Waals surface area contributed by atoms with Gasteiger partial charge in [0.05, 0.1) is 24.3 Å². The van der Waals surface area contributed by atoms with Gasteiger partial charge >= 0.3 is 0 Å². The maximum atomic E-state index is 7.47. The van der Waals surface area contributed by atoms with Crippen molar-refractivity contribution in [2.75, 3.05) is 18.6 Å². The molecule has 0 radical (unpaired) electrons. The Balaban J connectivity index is 1.42. The van der Waals surface area contributed by atoms with Gasteiger partial charge in [-0.3, -0.25) is 0 Å². The van der Waals surface area contributed by atoms with Crippen molar-refractivity contribution in [3.8, 4) is 17.1 Å². The molecule has 1 fully saturated rings. The molecular weight excluding hydrogens is 755 g/mol. The molecule has 0 saturated carbocycles. The molecule has 4 atom stereocenters. The summed E-state index contributed by atoms with van der Waals surface area (Å²) in [5.74, 6) is 3.40. The van der Waals surface area contributed by atoms with Crippen molar-refractivity contribution < 1.29 is 22.8 Å². The standard InChI is InChI=1S/C43H59N5O5SSi2/c1-28-33(36(51-47-28)30-16-14-13-15-17-30)25-54-26-34-37(52-55(9,10)42(2,3)4)38(53-56(11,12)43(5,6)7)41(50-34)48-24-31(35-39(44)45-27-46-40(35)48)21-18-29-19-22-32(49-8)23-20-29/h13-24,27,34,37-38,41H,25-26H2,1-12H3,(H2,44,45,46)/b21-18+/t34-,37-,38-,41-/m1/s1. The highest BCUT2D eigenvalue weighted by Crippen LogP contribution is 2.47. The summed E-state index contributed by atoms with van der Waals surface area (Å²) in [6.45, 7) is 24.9. The molecule has 1 aliphatic rings. The molecule has 0 bridgehead atoms. The molecule has 1 saturated heterocycles. The average molecular weight is 814 g/mol. The van der Waals surface area contributed by atoms with E-state index in [1.54, 1.807) is 18.9 Å². The second-order valence-corrected chi connectivity index (χ2v) is 28.3. The van der Waals surface area contributed by atoms with Gasteiger partial charge in [0, 0.05) is 34.4 Å². The van der Waals surface area contributed by atoms with E-state index in [0.29, 0.717) is 23.0 Å². The minimum Gasteiger partial charge on any atom is -0.497 e. The molecule has 13 heteroatoms. The number of aromatic nitrogens is 4. The lowest BCUT2D eigenvalue weighted by Crippen LogP contribution is -2.53. The number of hydrogen-bond acceptors (Lipinski definition) is 10. The zero-order valence-electron chi connectivity index (χ0n) is 35.0. The van der Waals surface area contributed by atoms with Crippen LogP contribution >= 0.6 is 11.8 Å². The van der Waals surface area contributed by atoms with E-state index in [0.717, 1.165) is 44.8 Å². The summed E-state index contributed by atoms with van der Waals surface area (Å²) in [6.07, 6.45) is 6.13. The van der Waals surface area contributed by atoms with Gasteiger partial charge < -0.3 is 33.1 Å². The largest absolute Gasteiger partial charge is 0.497 e. The summed E-state index contributed by atoms with van der Waals surface area (Å²) in [5, 5.41) is 5.03. The normalized spacial score (nSPS) is 19.7. The Morgan fingerprint density at radius 3 is 2.14 bits per heavy atom. The van der Waals surface area contributed by atoms with Crippen molar-refractivity contribution in [3.63, 3.8) is 0 Å². The van der Waals surface area contributed by atoms with Crippen LogP contribution in [0.2, 0.25) is 36.3 Å². The van der Waals surface area contributed by atoms with E-state index >= 15 is 0 Å². The van der Waals surface area contributed by atoms with Gasteiger partial charge in [-0.1, -0.05) is 101 Å². The number of thioether (sulfide) groups is 1. The molecule has 3 aromatic heterocycles. The van der Waals surface area contributed by atoms with E-state index in [1.807, 2.05) is 49.4 Å². The second kappa shape index (κ2) is 16.3. The van der Waals surface area contributed by atoms with Crippen molar-refractivity contribution in [3.05, 3.63) is 89.5 Å². The molecule has 5 aromatic rings. The zero-order chi connectivity index (χ0) is 40.6. The number of rotatable bonds is 13. The SMILES string of the molecule is COc1ccc(/C=C/c2cn([C@@H]3O[C@H](CSCc4c(C)noc4-c4ccccc4)[C@@H](O[Si](C)(C)C(C)(C)C)[C@H]3O[Si](C)(C)C(C)(C)C)c3ncnc(N)c23)cc1. The van der Waals surface area contributed by atoms with Crippen molar-refractivity contribution in [1.82, 2.24) is 19.7 Å². The third-order valence-corrected chi connectivity index (χ3v) is 21.8. The predicted molar refractivity (Wildman–Crippen MR) is 235 cm³/mol. The van der Waals surface area contributed by atoms with Gasteiger partial charge in [-0.05, 0) is 60.9 Å². The van der Waals surface area contributed by atoms with Crippen molar-refractivity contribution in [2.45, 2.75) is 115 Å². The summed E-state index contributed by atoms with van der Waals surface area (Å²) >= 11 is 1.80. The molecule has 56 heavy (non-hydrogen) atoms. The summed E-state index contributed by atoms with van der Waals surface area (Å²) in [4.78, 5) is 9.22. The minimum absolute atomic E-state index is 0.0320.